The quantitative estimate of drug-likeness (QED) is 0.245. The van der Waals surface area contributed by atoms with Crippen LogP contribution in [0.1, 0.15) is 15.9 Å². The van der Waals surface area contributed by atoms with Crippen LogP contribution in [-0.2, 0) is 30.3 Å². The summed E-state index contributed by atoms with van der Waals surface area (Å²) in [4.78, 5) is 22.2. The van der Waals surface area contributed by atoms with Gasteiger partial charge in [0.1, 0.15) is 25.2 Å². The van der Waals surface area contributed by atoms with Crippen LogP contribution in [0, 0.1) is 0 Å². The van der Waals surface area contributed by atoms with Crippen molar-refractivity contribution in [1.82, 2.24) is 5.32 Å². The van der Waals surface area contributed by atoms with Gasteiger partial charge in [0.25, 0.3) is 0 Å². The van der Waals surface area contributed by atoms with Gasteiger partial charge in [-0.2, -0.15) is 0 Å². The van der Waals surface area contributed by atoms with E-state index in [-0.39, 0.29) is 6.61 Å². The normalized spacial score (nSPS) is 10.6. The van der Waals surface area contributed by atoms with Crippen LogP contribution < -0.4 is 10.1 Å². The fourth-order valence-electron chi connectivity index (χ4n) is 2.62. The molecule has 0 heterocycles. The largest absolute Gasteiger partial charge is 0.491 e. The number of hydrogen-bond acceptors (Lipinski definition) is 8. The van der Waals surface area contributed by atoms with Gasteiger partial charge in [0, 0.05) is 12.1 Å². The van der Waals surface area contributed by atoms with Crippen LogP contribution in [0.5, 0.6) is 5.75 Å². The van der Waals surface area contributed by atoms with Crippen LogP contribution in [0.3, 0.4) is 0 Å². The maximum absolute atomic E-state index is 11.6. The summed E-state index contributed by atoms with van der Waals surface area (Å²) >= 11 is 0. The first-order valence-corrected chi connectivity index (χ1v) is 11.2. The lowest BCUT2D eigenvalue weighted by molar-refractivity contribution is -0.00428. The van der Waals surface area contributed by atoms with E-state index < -0.39 is 6.09 Å². The number of carbonyl (C=O) groups excluding carboxylic acids is 2. The monoisotopic (exact) mass is 475 g/mol. The molecule has 0 aromatic heterocycles. The third-order valence-electron chi connectivity index (χ3n) is 4.36. The number of alkyl carbamates (subject to hydrolysis) is 1. The molecule has 186 valence electrons. The van der Waals surface area contributed by atoms with Crippen molar-refractivity contribution in [3.05, 3.63) is 65.7 Å². The zero-order valence-electron chi connectivity index (χ0n) is 19.3. The summed E-state index contributed by atoms with van der Waals surface area (Å²) in [6.45, 7) is 4.62. The summed E-state index contributed by atoms with van der Waals surface area (Å²) in [5.41, 5.74) is 1.55. The maximum Gasteiger partial charge on any atom is 0.407 e. The zero-order valence-corrected chi connectivity index (χ0v) is 19.3. The molecule has 0 bridgehead atoms. The molecule has 0 saturated carbocycles. The van der Waals surface area contributed by atoms with Crippen molar-refractivity contribution in [3.63, 3.8) is 0 Å². The minimum absolute atomic E-state index is 0.239. The summed E-state index contributed by atoms with van der Waals surface area (Å²) in [5.74, 6) is 0.698. The Hall–Kier alpha value is -2.98. The number of nitrogens with one attached hydrogen (secondary N) is 1. The number of hydrogen-bond donors (Lipinski definition) is 1. The van der Waals surface area contributed by atoms with Gasteiger partial charge in [-0.05, 0) is 29.8 Å². The van der Waals surface area contributed by atoms with E-state index in [1.165, 1.54) is 0 Å². The van der Waals surface area contributed by atoms with E-state index in [0.717, 1.165) is 11.8 Å². The van der Waals surface area contributed by atoms with Gasteiger partial charge in [-0.15, -0.1) is 0 Å². The molecule has 2 aromatic rings. The first-order valence-electron chi connectivity index (χ1n) is 11.2. The van der Waals surface area contributed by atoms with Crippen LogP contribution in [0.25, 0.3) is 0 Å². The van der Waals surface area contributed by atoms with E-state index in [4.69, 9.17) is 28.4 Å². The number of ether oxygens (including phenoxy) is 6. The van der Waals surface area contributed by atoms with Crippen LogP contribution in [-0.4, -0.2) is 78.4 Å². The first kappa shape index (κ1) is 27.3. The molecule has 0 aliphatic carbocycles. The molecule has 0 fully saturated rings. The summed E-state index contributed by atoms with van der Waals surface area (Å²) in [6, 6.07) is 16.4. The van der Waals surface area contributed by atoms with E-state index in [0.29, 0.717) is 77.3 Å². The number of benzene rings is 2. The van der Waals surface area contributed by atoms with Crippen LogP contribution in [0.4, 0.5) is 4.79 Å². The summed E-state index contributed by atoms with van der Waals surface area (Å²) in [5, 5.41) is 2.63. The lowest BCUT2D eigenvalue weighted by Crippen LogP contribution is -2.28. The number of carbonyl (C=O) groups is 2. The number of amides is 1. The summed E-state index contributed by atoms with van der Waals surface area (Å²) in [6.07, 6.45) is 0.323. The molecule has 9 nitrogen and oxygen atoms in total. The van der Waals surface area contributed by atoms with E-state index in [1.54, 1.807) is 24.3 Å². The Morgan fingerprint density at radius 3 is 1.85 bits per heavy atom. The molecule has 1 N–H and O–H groups in total. The molecule has 0 spiro atoms. The highest BCUT2D eigenvalue weighted by molar-refractivity contribution is 5.74. The van der Waals surface area contributed by atoms with Crippen molar-refractivity contribution >= 4 is 12.4 Å². The maximum atomic E-state index is 11.6. The molecular formula is C25H33NO8. The van der Waals surface area contributed by atoms with Crippen molar-refractivity contribution in [2.45, 2.75) is 6.61 Å². The fourth-order valence-corrected chi connectivity index (χ4v) is 2.62. The van der Waals surface area contributed by atoms with Gasteiger partial charge in [-0.1, -0.05) is 30.3 Å². The highest BCUT2D eigenvalue weighted by Crippen LogP contribution is 2.10. The van der Waals surface area contributed by atoms with Crippen molar-refractivity contribution in [3.8, 4) is 5.75 Å². The first-order chi connectivity index (χ1) is 16.8. The Morgan fingerprint density at radius 1 is 0.706 bits per heavy atom. The average molecular weight is 476 g/mol. The lowest BCUT2D eigenvalue weighted by Gasteiger charge is -2.09. The Morgan fingerprint density at radius 2 is 1.26 bits per heavy atom. The molecule has 0 unspecified atom stereocenters. The molecule has 2 aromatic carbocycles. The third-order valence-corrected chi connectivity index (χ3v) is 4.36. The second-order valence-electron chi connectivity index (χ2n) is 6.97. The zero-order chi connectivity index (χ0) is 24.1. The van der Waals surface area contributed by atoms with Gasteiger partial charge < -0.3 is 33.7 Å². The molecule has 0 saturated heterocycles. The van der Waals surface area contributed by atoms with E-state index in [2.05, 4.69) is 5.32 Å². The SMILES string of the molecule is O=Cc1ccc(OCCOCCOCCOCCOCCNC(=O)OCc2ccccc2)cc1. The highest BCUT2D eigenvalue weighted by atomic mass is 16.6. The van der Waals surface area contributed by atoms with E-state index in [1.807, 2.05) is 30.3 Å². The van der Waals surface area contributed by atoms with Gasteiger partial charge >= 0.3 is 6.09 Å². The predicted molar refractivity (Wildman–Crippen MR) is 125 cm³/mol. The van der Waals surface area contributed by atoms with Crippen LogP contribution in [0.15, 0.2) is 54.6 Å². The Labute approximate surface area is 200 Å². The summed E-state index contributed by atoms with van der Waals surface area (Å²) < 4.78 is 32.3. The average Bonchev–Trinajstić information content (AvgIpc) is 2.88. The van der Waals surface area contributed by atoms with Crippen molar-refractivity contribution in [2.24, 2.45) is 0 Å². The highest BCUT2D eigenvalue weighted by Gasteiger charge is 2.01. The molecule has 0 aliphatic rings. The van der Waals surface area contributed by atoms with Gasteiger partial charge in [0.15, 0.2) is 0 Å². The summed E-state index contributed by atoms with van der Waals surface area (Å²) in [7, 11) is 0. The van der Waals surface area contributed by atoms with E-state index >= 15 is 0 Å². The number of rotatable bonds is 19. The molecule has 1 amide bonds. The topological polar surface area (TPSA) is 102 Å². The fraction of sp³-hybridized carbons (Fsp3) is 0.440. The molecule has 9 heteroatoms. The Bertz CT molecular complexity index is 785. The third kappa shape index (κ3) is 13.5. The second-order valence-corrected chi connectivity index (χ2v) is 6.97. The molecule has 2 rings (SSSR count). The molecule has 34 heavy (non-hydrogen) atoms. The van der Waals surface area contributed by atoms with Gasteiger partial charge in [0.2, 0.25) is 0 Å². The molecular weight excluding hydrogens is 442 g/mol. The van der Waals surface area contributed by atoms with Crippen molar-refractivity contribution < 1.29 is 38.0 Å². The minimum atomic E-state index is -0.470. The Kier molecular flexibility index (Phi) is 14.8. The molecule has 0 aliphatic heterocycles. The van der Waals surface area contributed by atoms with Crippen molar-refractivity contribution in [1.29, 1.82) is 0 Å². The molecule has 0 radical (unpaired) electrons. The van der Waals surface area contributed by atoms with Gasteiger partial charge in [0.05, 0.1) is 52.9 Å². The number of aldehydes is 1. The minimum Gasteiger partial charge on any atom is -0.491 e. The van der Waals surface area contributed by atoms with E-state index in [9.17, 15) is 9.59 Å². The second kappa shape index (κ2) is 18.4. The lowest BCUT2D eigenvalue weighted by atomic mass is 10.2. The van der Waals surface area contributed by atoms with Crippen LogP contribution in [0.2, 0.25) is 0 Å². The Balaban J connectivity index is 1.27. The molecule has 0 atom stereocenters. The smallest absolute Gasteiger partial charge is 0.407 e. The van der Waals surface area contributed by atoms with Crippen LogP contribution >= 0.6 is 0 Å². The van der Waals surface area contributed by atoms with Gasteiger partial charge in [-0.25, -0.2) is 4.79 Å². The van der Waals surface area contributed by atoms with Crippen molar-refractivity contribution in [2.75, 3.05) is 66.0 Å². The standard InChI is InChI=1S/C25H33NO8/c27-20-22-6-8-24(9-7-22)33-19-18-32-17-16-31-15-14-30-13-12-29-11-10-26-25(28)34-21-23-4-2-1-3-5-23/h1-9,20H,10-19,21H2,(H,26,28). The predicted octanol–water partition coefficient (Wildman–Crippen LogP) is 2.87. The van der Waals surface area contributed by atoms with Gasteiger partial charge in [-0.3, -0.25) is 4.79 Å².